The maximum Gasteiger partial charge on any atom is 0.230 e. The van der Waals surface area contributed by atoms with Crippen molar-refractivity contribution in [2.75, 3.05) is 36.5 Å². The van der Waals surface area contributed by atoms with Crippen LogP contribution in [0.25, 0.3) is 10.8 Å². The number of furan rings is 1. The van der Waals surface area contributed by atoms with Gasteiger partial charge in [0.2, 0.25) is 5.91 Å². The number of nitrogens with one attached hydrogen (secondary N) is 1. The van der Waals surface area contributed by atoms with Gasteiger partial charge in [-0.1, -0.05) is 0 Å². The summed E-state index contributed by atoms with van der Waals surface area (Å²) < 4.78 is 10.7. The van der Waals surface area contributed by atoms with E-state index in [0.717, 1.165) is 29.6 Å². The minimum Gasteiger partial charge on any atom is -0.462 e. The largest absolute Gasteiger partial charge is 0.462 e. The molecular weight excluding hydrogens is 352 g/mol. The van der Waals surface area contributed by atoms with E-state index in [1.165, 1.54) is 11.3 Å². The molecule has 1 N–H and O–H groups in total. The second-order valence-corrected chi connectivity index (χ2v) is 6.71. The summed E-state index contributed by atoms with van der Waals surface area (Å²) in [5.41, 5.74) is 1.39. The first-order chi connectivity index (χ1) is 12.8. The number of hydrogen-bond acceptors (Lipinski definition) is 7. The Morgan fingerprint density at radius 2 is 2.15 bits per heavy atom. The van der Waals surface area contributed by atoms with Crippen molar-refractivity contribution in [2.24, 2.45) is 0 Å². The van der Waals surface area contributed by atoms with Crippen molar-refractivity contribution in [2.45, 2.75) is 6.42 Å². The maximum atomic E-state index is 12.2. The van der Waals surface area contributed by atoms with Crippen LogP contribution in [0.1, 0.15) is 5.69 Å². The van der Waals surface area contributed by atoms with E-state index in [4.69, 9.17) is 9.15 Å². The number of hydrogen-bond donors (Lipinski definition) is 1. The molecule has 0 unspecified atom stereocenters. The minimum atomic E-state index is -0.123. The highest BCUT2D eigenvalue weighted by atomic mass is 32.1. The van der Waals surface area contributed by atoms with Crippen LogP contribution < -0.4 is 10.2 Å². The summed E-state index contributed by atoms with van der Waals surface area (Å²) in [6, 6.07) is 7.45. The number of rotatable bonds is 5. The van der Waals surface area contributed by atoms with Crippen LogP contribution in [0, 0.1) is 0 Å². The highest BCUT2D eigenvalue weighted by Gasteiger charge is 2.13. The first-order valence-corrected chi connectivity index (χ1v) is 9.23. The molecular formula is C18H18N4O3S. The minimum absolute atomic E-state index is 0.123. The Morgan fingerprint density at radius 1 is 1.27 bits per heavy atom. The standard InChI is InChI=1S/C18H18N4O3S/c23-17(10-14-12-26-18(21-14)15-2-1-7-25-15)20-13-3-4-16(19-11-13)22-5-8-24-9-6-22/h1-4,7,11-12H,5-6,8-10H2,(H,20,23). The summed E-state index contributed by atoms with van der Waals surface area (Å²) in [7, 11) is 0. The fourth-order valence-electron chi connectivity index (χ4n) is 2.71. The summed E-state index contributed by atoms with van der Waals surface area (Å²) in [6.45, 7) is 3.10. The number of carbonyl (C=O) groups excluding carboxylic acids is 1. The SMILES string of the molecule is O=C(Cc1csc(-c2ccco2)n1)Nc1ccc(N2CCOCC2)nc1. The summed E-state index contributed by atoms with van der Waals surface area (Å²) in [6.07, 6.45) is 3.50. The van der Waals surface area contributed by atoms with Gasteiger partial charge in [-0.15, -0.1) is 11.3 Å². The number of pyridine rings is 1. The third-order valence-electron chi connectivity index (χ3n) is 3.99. The predicted molar refractivity (Wildman–Crippen MR) is 99.4 cm³/mol. The molecule has 1 fully saturated rings. The van der Waals surface area contributed by atoms with E-state index in [1.54, 1.807) is 12.5 Å². The van der Waals surface area contributed by atoms with Crippen molar-refractivity contribution in [3.8, 4) is 10.8 Å². The lowest BCUT2D eigenvalue weighted by Gasteiger charge is -2.27. The fourth-order valence-corrected chi connectivity index (χ4v) is 3.50. The Kier molecular flexibility index (Phi) is 4.94. The van der Waals surface area contributed by atoms with Crippen molar-refractivity contribution in [3.05, 3.63) is 47.8 Å². The average molecular weight is 370 g/mol. The molecule has 7 nitrogen and oxygen atoms in total. The number of morpholine rings is 1. The fraction of sp³-hybridized carbons (Fsp3) is 0.278. The van der Waals surface area contributed by atoms with E-state index in [-0.39, 0.29) is 12.3 Å². The molecule has 1 aliphatic heterocycles. The second-order valence-electron chi connectivity index (χ2n) is 5.85. The molecule has 0 bridgehead atoms. The monoisotopic (exact) mass is 370 g/mol. The van der Waals surface area contributed by atoms with Crippen molar-refractivity contribution < 1.29 is 13.9 Å². The van der Waals surface area contributed by atoms with E-state index in [2.05, 4.69) is 20.2 Å². The highest BCUT2D eigenvalue weighted by Crippen LogP contribution is 2.24. The number of nitrogens with zero attached hydrogens (tertiary/aromatic N) is 3. The zero-order valence-corrected chi connectivity index (χ0v) is 14.9. The maximum absolute atomic E-state index is 12.2. The van der Waals surface area contributed by atoms with Crippen LogP contribution in [0.5, 0.6) is 0 Å². The Labute approximate surface area is 154 Å². The van der Waals surface area contributed by atoms with Crippen molar-refractivity contribution in [1.82, 2.24) is 9.97 Å². The number of aromatic nitrogens is 2. The lowest BCUT2D eigenvalue weighted by atomic mass is 10.3. The van der Waals surface area contributed by atoms with Crippen molar-refractivity contribution >= 4 is 28.7 Å². The summed E-state index contributed by atoms with van der Waals surface area (Å²) in [4.78, 5) is 23.3. The van der Waals surface area contributed by atoms with Gasteiger partial charge >= 0.3 is 0 Å². The average Bonchev–Trinajstić information content (AvgIpc) is 3.35. The van der Waals surface area contributed by atoms with E-state index in [1.807, 2.05) is 29.6 Å². The van der Waals surface area contributed by atoms with E-state index in [9.17, 15) is 4.79 Å². The van der Waals surface area contributed by atoms with Crippen LogP contribution in [0.15, 0.2) is 46.5 Å². The van der Waals surface area contributed by atoms with Gasteiger partial charge in [0.15, 0.2) is 10.8 Å². The van der Waals surface area contributed by atoms with E-state index in [0.29, 0.717) is 24.7 Å². The van der Waals surface area contributed by atoms with Gasteiger partial charge in [0.25, 0.3) is 0 Å². The quantitative estimate of drug-likeness (QED) is 0.744. The second kappa shape index (κ2) is 7.67. The van der Waals surface area contributed by atoms with Gasteiger partial charge in [-0.2, -0.15) is 0 Å². The molecule has 8 heteroatoms. The molecule has 134 valence electrons. The van der Waals surface area contributed by atoms with Gasteiger partial charge in [-0.3, -0.25) is 4.79 Å². The van der Waals surface area contributed by atoms with Crippen LogP contribution in [0.4, 0.5) is 11.5 Å². The third-order valence-corrected chi connectivity index (χ3v) is 4.90. The molecule has 4 rings (SSSR count). The van der Waals surface area contributed by atoms with E-state index < -0.39 is 0 Å². The molecule has 1 aliphatic rings. The number of ether oxygens (including phenoxy) is 1. The molecule has 0 aromatic carbocycles. The van der Waals surface area contributed by atoms with Gasteiger partial charge in [-0.05, 0) is 24.3 Å². The Balaban J connectivity index is 1.34. The lowest BCUT2D eigenvalue weighted by molar-refractivity contribution is -0.115. The summed E-state index contributed by atoms with van der Waals surface area (Å²) in [5.74, 6) is 1.49. The molecule has 4 heterocycles. The van der Waals surface area contributed by atoms with Crippen LogP contribution in [0.3, 0.4) is 0 Å². The summed E-state index contributed by atoms with van der Waals surface area (Å²) >= 11 is 1.46. The zero-order valence-electron chi connectivity index (χ0n) is 14.1. The molecule has 1 saturated heterocycles. The highest BCUT2D eigenvalue weighted by molar-refractivity contribution is 7.13. The normalized spacial score (nSPS) is 14.4. The van der Waals surface area contributed by atoms with Crippen molar-refractivity contribution in [3.63, 3.8) is 0 Å². The van der Waals surface area contributed by atoms with Crippen LogP contribution >= 0.6 is 11.3 Å². The molecule has 0 saturated carbocycles. The Morgan fingerprint density at radius 3 is 2.88 bits per heavy atom. The first-order valence-electron chi connectivity index (χ1n) is 8.35. The molecule has 26 heavy (non-hydrogen) atoms. The van der Waals surface area contributed by atoms with Gasteiger partial charge in [0.05, 0.1) is 43.5 Å². The van der Waals surface area contributed by atoms with Gasteiger partial charge in [0, 0.05) is 18.5 Å². The number of anilines is 2. The number of carbonyl (C=O) groups is 1. The van der Waals surface area contributed by atoms with Gasteiger partial charge < -0.3 is 19.4 Å². The van der Waals surface area contributed by atoms with Crippen LogP contribution in [0.2, 0.25) is 0 Å². The lowest BCUT2D eigenvalue weighted by Crippen LogP contribution is -2.36. The molecule has 0 radical (unpaired) electrons. The Hall–Kier alpha value is -2.71. The number of thiazole rings is 1. The summed E-state index contributed by atoms with van der Waals surface area (Å²) in [5, 5.41) is 5.51. The molecule has 0 aliphatic carbocycles. The third kappa shape index (κ3) is 3.92. The molecule has 1 amide bonds. The van der Waals surface area contributed by atoms with Crippen LogP contribution in [-0.2, 0) is 16.0 Å². The first kappa shape index (κ1) is 16.7. The van der Waals surface area contributed by atoms with Crippen molar-refractivity contribution in [1.29, 1.82) is 0 Å². The smallest absolute Gasteiger partial charge is 0.230 e. The molecule has 0 spiro atoms. The molecule has 3 aromatic heterocycles. The zero-order chi connectivity index (χ0) is 17.8. The van der Waals surface area contributed by atoms with E-state index >= 15 is 0 Å². The van der Waals surface area contributed by atoms with Crippen LogP contribution in [-0.4, -0.2) is 42.2 Å². The molecule has 3 aromatic rings. The number of amides is 1. The van der Waals surface area contributed by atoms with Gasteiger partial charge in [0.1, 0.15) is 5.82 Å². The van der Waals surface area contributed by atoms with Gasteiger partial charge in [-0.25, -0.2) is 9.97 Å². The molecule has 0 atom stereocenters. The predicted octanol–water partition coefficient (Wildman–Crippen LogP) is 2.82. The Bertz CT molecular complexity index is 855. The topological polar surface area (TPSA) is 80.5 Å².